The molecule has 7 heteroatoms. The molecule has 0 unspecified atom stereocenters. The molecule has 0 N–H and O–H groups in total. The van der Waals surface area contributed by atoms with E-state index in [0.717, 1.165) is 18.8 Å². The highest BCUT2D eigenvalue weighted by Crippen LogP contribution is 2.31. The molecule has 152 valence electrons. The van der Waals surface area contributed by atoms with Crippen LogP contribution < -0.4 is 4.90 Å². The number of amides is 2. The first-order valence-electron chi connectivity index (χ1n) is 9.76. The van der Waals surface area contributed by atoms with Gasteiger partial charge in [0.1, 0.15) is 12.4 Å². The van der Waals surface area contributed by atoms with Crippen LogP contribution in [0.2, 0.25) is 0 Å². The largest absolute Gasteiger partial charge is 0.368 e. The van der Waals surface area contributed by atoms with Crippen LogP contribution in [0.5, 0.6) is 0 Å². The van der Waals surface area contributed by atoms with Crippen molar-refractivity contribution in [2.45, 2.75) is 12.1 Å². The number of hydrogen-bond acceptors (Lipinski definition) is 4. The zero-order valence-corrected chi connectivity index (χ0v) is 16.3. The number of nitrogens with zero attached hydrogens (tertiary/aromatic N) is 3. The molecule has 0 saturated carbocycles. The van der Waals surface area contributed by atoms with Crippen molar-refractivity contribution in [2.75, 3.05) is 44.7 Å². The Hall–Kier alpha value is -2.93. The maximum Gasteiger partial charge on any atom is 0.254 e. The highest BCUT2D eigenvalue weighted by molar-refractivity contribution is 5.86. The lowest BCUT2D eigenvalue weighted by Crippen LogP contribution is -2.57. The van der Waals surface area contributed by atoms with Crippen LogP contribution in [0.25, 0.3) is 0 Å². The summed E-state index contributed by atoms with van der Waals surface area (Å²) in [7, 11) is 1.63. The van der Waals surface area contributed by atoms with Crippen LogP contribution in [0, 0.1) is 5.82 Å². The minimum absolute atomic E-state index is 0.150. The topological polar surface area (TPSA) is 53.1 Å². The standard InChI is InChI=1S/C22H24FN3O3/c1-24-19(27)15-29-21(20(24)16-6-5-7-17(23)14-16)22(28)26-12-10-25(11-13-26)18-8-3-2-4-9-18/h2-9,14,20-21H,10-13,15H2,1H3/t20-,21-/m1/s1. The molecule has 29 heavy (non-hydrogen) atoms. The van der Waals surface area contributed by atoms with Crippen molar-refractivity contribution >= 4 is 17.5 Å². The number of carbonyl (C=O) groups is 2. The van der Waals surface area contributed by atoms with Crippen LogP contribution in [0.3, 0.4) is 0 Å². The molecule has 2 atom stereocenters. The van der Waals surface area contributed by atoms with Gasteiger partial charge in [0.15, 0.2) is 6.10 Å². The Morgan fingerprint density at radius 3 is 2.45 bits per heavy atom. The Bertz CT molecular complexity index is 884. The average molecular weight is 397 g/mol. The van der Waals surface area contributed by atoms with Gasteiger partial charge in [-0.15, -0.1) is 0 Å². The molecule has 0 aromatic heterocycles. The van der Waals surface area contributed by atoms with Crippen molar-refractivity contribution in [3.63, 3.8) is 0 Å². The van der Waals surface area contributed by atoms with Crippen LogP contribution in [0.15, 0.2) is 54.6 Å². The van der Waals surface area contributed by atoms with E-state index in [0.29, 0.717) is 18.7 Å². The molecule has 2 saturated heterocycles. The number of anilines is 1. The first-order valence-corrected chi connectivity index (χ1v) is 9.76. The van der Waals surface area contributed by atoms with Gasteiger partial charge in [-0.2, -0.15) is 0 Å². The van der Waals surface area contributed by atoms with Crippen LogP contribution in [0.4, 0.5) is 10.1 Å². The van der Waals surface area contributed by atoms with Gasteiger partial charge in [-0.3, -0.25) is 9.59 Å². The number of ether oxygens (including phenoxy) is 1. The summed E-state index contributed by atoms with van der Waals surface area (Å²) in [5, 5.41) is 0. The van der Waals surface area contributed by atoms with Gasteiger partial charge >= 0.3 is 0 Å². The molecule has 0 aliphatic carbocycles. The van der Waals surface area contributed by atoms with E-state index >= 15 is 0 Å². The summed E-state index contributed by atoms with van der Waals surface area (Å²) in [6, 6.07) is 15.5. The Labute approximate surface area is 169 Å². The number of piperazine rings is 1. The minimum atomic E-state index is -0.845. The van der Waals surface area contributed by atoms with Crippen LogP contribution in [-0.4, -0.2) is 67.6 Å². The van der Waals surface area contributed by atoms with Crippen molar-refractivity contribution in [1.29, 1.82) is 0 Å². The average Bonchev–Trinajstić information content (AvgIpc) is 2.76. The fourth-order valence-corrected chi connectivity index (χ4v) is 4.01. The lowest BCUT2D eigenvalue weighted by atomic mass is 9.97. The second kappa shape index (κ2) is 8.21. The third-order valence-electron chi connectivity index (χ3n) is 5.63. The number of para-hydroxylation sites is 1. The number of rotatable bonds is 3. The molecule has 6 nitrogen and oxygen atoms in total. The zero-order valence-electron chi connectivity index (χ0n) is 16.3. The van der Waals surface area contributed by atoms with E-state index in [1.54, 1.807) is 24.1 Å². The van der Waals surface area contributed by atoms with E-state index in [2.05, 4.69) is 17.0 Å². The molecule has 2 aliphatic heterocycles. The third kappa shape index (κ3) is 3.96. The van der Waals surface area contributed by atoms with E-state index in [1.807, 2.05) is 18.2 Å². The summed E-state index contributed by atoms with van der Waals surface area (Å²) < 4.78 is 19.5. The first-order chi connectivity index (χ1) is 14.0. The van der Waals surface area contributed by atoms with Crippen molar-refractivity contribution < 1.29 is 18.7 Å². The second-order valence-electron chi connectivity index (χ2n) is 7.38. The third-order valence-corrected chi connectivity index (χ3v) is 5.63. The summed E-state index contributed by atoms with van der Waals surface area (Å²) in [5.41, 5.74) is 1.69. The molecule has 0 bridgehead atoms. The summed E-state index contributed by atoms with van der Waals surface area (Å²) in [5.74, 6) is -0.792. The molecule has 4 rings (SSSR count). The predicted octanol–water partition coefficient (Wildman–Crippen LogP) is 2.07. The summed E-state index contributed by atoms with van der Waals surface area (Å²) in [6.45, 7) is 2.44. The highest BCUT2D eigenvalue weighted by atomic mass is 19.1. The van der Waals surface area contributed by atoms with Crippen molar-refractivity contribution in [3.8, 4) is 0 Å². The van der Waals surface area contributed by atoms with Crippen LogP contribution in [-0.2, 0) is 14.3 Å². The summed E-state index contributed by atoms with van der Waals surface area (Å²) in [4.78, 5) is 31.0. The number of carbonyl (C=O) groups excluding carboxylic acids is 2. The van der Waals surface area contributed by atoms with E-state index in [-0.39, 0.29) is 18.4 Å². The monoisotopic (exact) mass is 397 g/mol. The summed E-state index contributed by atoms with van der Waals surface area (Å²) in [6.07, 6.45) is -0.845. The summed E-state index contributed by atoms with van der Waals surface area (Å²) >= 11 is 0. The lowest BCUT2D eigenvalue weighted by molar-refractivity contribution is -0.167. The van der Waals surface area contributed by atoms with E-state index < -0.39 is 18.0 Å². The number of morpholine rings is 1. The van der Waals surface area contributed by atoms with Gasteiger partial charge in [0.2, 0.25) is 5.91 Å². The van der Waals surface area contributed by atoms with Crippen molar-refractivity contribution in [2.24, 2.45) is 0 Å². The van der Waals surface area contributed by atoms with Gasteiger partial charge < -0.3 is 19.4 Å². The molecule has 0 radical (unpaired) electrons. The van der Waals surface area contributed by atoms with Gasteiger partial charge in [0.05, 0.1) is 6.04 Å². The second-order valence-corrected chi connectivity index (χ2v) is 7.38. The molecule has 0 spiro atoms. The first kappa shape index (κ1) is 19.4. The quantitative estimate of drug-likeness (QED) is 0.796. The van der Waals surface area contributed by atoms with Crippen molar-refractivity contribution in [1.82, 2.24) is 9.80 Å². The number of halogens is 1. The van der Waals surface area contributed by atoms with Gasteiger partial charge in [-0.05, 0) is 29.8 Å². The molecule has 2 heterocycles. The Kier molecular flexibility index (Phi) is 5.49. The van der Waals surface area contributed by atoms with Gasteiger partial charge in [0, 0.05) is 38.9 Å². The molecule has 2 fully saturated rings. The maximum atomic E-state index is 13.8. The molecular formula is C22H24FN3O3. The van der Waals surface area contributed by atoms with Crippen LogP contribution in [0.1, 0.15) is 11.6 Å². The van der Waals surface area contributed by atoms with E-state index in [1.165, 1.54) is 17.0 Å². The zero-order chi connectivity index (χ0) is 20.4. The smallest absolute Gasteiger partial charge is 0.254 e. The molecule has 2 aromatic carbocycles. The molecular weight excluding hydrogens is 373 g/mol. The van der Waals surface area contributed by atoms with E-state index in [9.17, 15) is 14.0 Å². The maximum absolute atomic E-state index is 13.8. The molecule has 2 aromatic rings. The molecule has 2 amide bonds. The predicted molar refractivity (Wildman–Crippen MR) is 107 cm³/mol. The Morgan fingerprint density at radius 1 is 1.03 bits per heavy atom. The normalized spacial score (nSPS) is 22.7. The van der Waals surface area contributed by atoms with Crippen molar-refractivity contribution in [3.05, 3.63) is 66.0 Å². The van der Waals surface area contributed by atoms with Gasteiger partial charge in [-0.25, -0.2) is 4.39 Å². The lowest BCUT2D eigenvalue weighted by Gasteiger charge is -2.42. The number of likely N-dealkylation sites (N-methyl/N-ethyl adjacent to an activating group) is 1. The van der Waals surface area contributed by atoms with Gasteiger partial charge in [-0.1, -0.05) is 30.3 Å². The van der Waals surface area contributed by atoms with Gasteiger partial charge in [0.25, 0.3) is 5.91 Å². The Morgan fingerprint density at radius 2 is 1.76 bits per heavy atom. The highest BCUT2D eigenvalue weighted by Gasteiger charge is 2.42. The Balaban J connectivity index is 1.50. The van der Waals surface area contributed by atoms with Crippen LogP contribution >= 0.6 is 0 Å². The number of benzene rings is 2. The van der Waals surface area contributed by atoms with E-state index in [4.69, 9.17) is 4.74 Å². The fourth-order valence-electron chi connectivity index (χ4n) is 4.01. The SMILES string of the molecule is CN1C(=O)CO[C@@H](C(=O)N2CCN(c3ccccc3)CC2)[C@H]1c1cccc(F)c1. The minimum Gasteiger partial charge on any atom is -0.368 e. The molecule has 2 aliphatic rings. The fraction of sp³-hybridized carbons (Fsp3) is 0.364. The number of hydrogen-bond donors (Lipinski definition) is 0.